The molecule has 1 aromatic rings. The summed E-state index contributed by atoms with van der Waals surface area (Å²) in [5, 5.41) is 8.96. The minimum absolute atomic E-state index is 0.0352. The Morgan fingerprint density at radius 3 is 2.93 bits per heavy atom. The van der Waals surface area contributed by atoms with Gasteiger partial charge in [-0.3, -0.25) is 4.79 Å². The van der Waals surface area contributed by atoms with Crippen LogP contribution in [0.5, 0.6) is 0 Å². The van der Waals surface area contributed by atoms with Crippen molar-refractivity contribution >= 4 is 23.3 Å². The lowest BCUT2D eigenvalue weighted by Crippen LogP contribution is -1.92. The fourth-order valence-electron chi connectivity index (χ4n) is 0.964. The molecule has 0 spiro atoms. The summed E-state index contributed by atoms with van der Waals surface area (Å²) >= 11 is 5.76. The van der Waals surface area contributed by atoms with Gasteiger partial charge in [-0.2, -0.15) is 0 Å². The van der Waals surface area contributed by atoms with Crippen LogP contribution in [0, 0.1) is 11.8 Å². The molecule has 0 bridgehead atoms. The van der Waals surface area contributed by atoms with Crippen molar-refractivity contribution in [2.24, 2.45) is 0 Å². The summed E-state index contributed by atoms with van der Waals surface area (Å²) in [6.45, 7) is 0. The fraction of sp³-hybridized carbons (Fsp3) is 0.182. The number of nitrogens with two attached hydrogens (primary N) is 1. The van der Waals surface area contributed by atoms with Crippen molar-refractivity contribution in [2.45, 2.75) is 12.8 Å². The second-order valence-electron chi connectivity index (χ2n) is 2.93. The van der Waals surface area contributed by atoms with E-state index in [0.717, 1.165) is 0 Å². The van der Waals surface area contributed by atoms with Gasteiger partial charge in [-0.25, -0.2) is 0 Å². The van der Waals surface area contributed by atoms with E-state index in [1.165, 1.54) is 0 Å². The number of anilines is 1. The van der Waals surface area contributed by atoms with Crippen LogP contribution in [-0.2, 0) is 4.79 Å². The number of benzene rings is 1. The van der Waals surface area contributed by atoms with Crippen LogP contribution < -0.4 is 5.73 Å². The first-order valence-electron chi connectivity index (χ1n) is 4.35. The lowest BCUT2D eigenvalue weighted by molar-refractivity contribution is -0.136. The van der Waals surface area contributed by atoms with Crippen molar-refractivity contribution in [3.63, 3.8) is 0 Å². The van der Waals surface area contributed by atoms with Crippen LogP contribution in [0.1, 0.15) is 18.4 Å². The molecular formula is C11H10ClNO2. The molecule has 0 amide bonds. The Labute approximate surface area is 92.9 Å². The molecule has 0 radical (unpaired) electrons. The van der Waals surface area contributed by atoms with Crippen LogP contribution in [0.4, 0.5) is 5.69 Å². The maximum atomic E-state index is 10.2. The zero-order valence-corrected chi connectivity index (χ0v) is 8.71. The van der Waals surface area contributed by atoms with E-state index in [4.69, 9.17) is 22.4 Å². The zero-order valence-electron chi connectivity index (χ0n) is 7.96. The van der Waals surface area contributed by atoms with Gasteiger partial charge in [0.15, 0.2) is 0 Å². The second-order valence-corrected chi connectivity index (χ2v) is 3.36. The van der Waals surface area contributed by atoms with Gasteiger partial charge in [-0.05, 0) is 18.2 Å². The number of halogens is 1. The van der Waals surface area contributed by atoms with Crippen LogP contribution in [0.15, 0.2) is 18.2 Å². The van der Waals surface area contributed by atoms with E-state index in [1.807, 2.05) is 0 Å². The Kier molecular flexibility index (Phi) is 4.02. The highest BCUT2D eigenvalue weighted by Gasteiger charge is 1.96. The van der Waals surface area contributed by atoms with Crippen molar-refractivity contribution in [3.05, 3.63) is 28.8 Å². The van der Waals surface area contributed by atoms with Gasteiger partial charge < -0.3 is 10.8 Å². The Bertz CT molecular complexity index is 432. The van der Waals surface area contributed by atoms with Gasteiger partial charge >= 0.3 is 5.97 Å². The number of hydrogen-bond acceptors (Lipinski definition) is 2. The van der Waals surface area contributed by atoms with Crippen LogP contribution >= 0.6 is 11.6 Å². The molecule has 78 valence electrons. The van der Waals surface area contributed by atoms with E-state index in [0.29, 0.717) is 22.7 Å². The summed E-state index contributed by atoms with van der Waals surface area (Å²) in [5.74, 6) is 4.66. The predicted octanol–water partition coefficient (Wildman–Crippen LogP) is 2.14. The van der Waals surface area contributed by atoms with Gasteiger partial charge in [-0.1, -0.05) is 23.4 Å². The molecule has 0 saturated carbocycles. The van der Waals surface area contributed by atoms with Crippen LogP contribution in [-0.4, -0.2) is 11.1 Å². The highest BCUT2D eigenvalue weighted by molar-refractivity contribution is 6.30. The first-order valence-corrected chi connectivity index (χ1v) is 4.73. The molecule has 4 heteroatoms. The SMILES string of the molecule is Nc1ccc(Cl)cc1C#CCCC(=O)O. The Balaban J connectivity index is 2.71. The molecule has 0 aliphatic carbocycles. The quantitative estimate of drug-likeness (QED) is 0.597. The third-order valence-electron chi connectivity index (χ3n) is 1.70. The minimum atomic E-state index is -0.858. The molecule has 0 aromatic heterocycles. The summed E-state index contributed by atoms with van der Waals surface area (Å²) < 4.78 is 0. The van der Waals surface area contributed by atoms with E-state index in [1.54, 1.807) is 18.2 Å². The summed E-state index contributed by atoms with van der Waals surface area (Å²) in [7, 11) is 0. The summed E-state index contributed by atoms with van der Waals surface area (Å²) in [5.41, 5.74) is 6.83. The molecule has 1 aromatic carbocycles. The molecule has 0 atom stereocenters. The van der Waals surface area contributed by atoms with E-state index in [2.05, 4.69) is 11.8 Å². The molecule has 3 N–H and O–H groups in total. The van der Waals surface area contributed by atoms with Gasteiger partial charge in [0.1, 0.15) is 0 Å². The molecule has 15 heavy (non-hydrogen) atoms. The second kappa shape index (κ2) is 5.28. The van der Waals surface area contributed by atoms with Crippen molar-refractivity contribution < 1.29 is 9.90 Å². The van der Waals surface area contributed by atoms with Crippen LogP contribution in [0.25, 0.3) is 0 Å². The molecule has 0 fully saturated rings. The molecule has 3 nitrogen and oxygen atoms in total. The van der Waals surface area contributed by atoms with E-state index >= 15 is 0 Å². The van der Waals surface area contributed by atoms with Crippen LogP contribution in [0.3, 0.4) is 0 Å². The monoisotopic (exact) mass is 223 g/mol. The average molecular weight is 224 g/mol. The smallest absolute Gasteiger partial charge is 0.304 e. The van der Waals surface area contributed by atoms with Gasteiger partial charge in [-0.15, -0.1) is 0 Å². The summed E-state index contributed by atoms with van der Waals surface area (Å²) in [6, 6.07) is 5.01. The number of carboxylic acid groups (broad SMARTS) is 1. The minimum Gasteiger partial charge on any atom is -0.481 e. The number of rotatable bonds is 2. The Morgan fingerprint density at radius 2 is 2.27 bits per heavy atom. The number of carboxylic acids is 1. The fourth-order valence-corrected chi connectivity index (χ4v) is 1.14. The normalized spacial score (nSPS) is 9.13. The van der Waals surface area contributed by atoms with Crippen molar-refractivity contribution in [1.82, 2.24) is 0 Å². The number of nitrogen functional groups attached to an aromatic ring is 1. The first kappa shape index (κ1) is 11.4. The maximum Gasteiger partial charge on any atom is 0.304 e. The van der Waals surface area contributed by atoms with Crippen molar-refractivity contribution in [3.8, 4) is 11.8 Å². The number of hydrogen-bond donors (Lipinski definition) is 2. The topological polar surface area (TPSA) is 63.3 Å². The molecule has 0 aliphatic rings. The third kappa shape index (κ3) is 3.92. The number of aliphatic carboxylic acids is 1. The van der Waals surface area contributed by atoms with Gasteiger partial charge in [0.2, 0.25) is 0 Å². The largest absolute Gasteiger partial charge is 0.481 e. The molecular weight excluding hydrogens is 214 g/mol. The Morgan fingerprint density at radius 1 is 1.53 bits per heavy atom. The van der Waals surface area contributed by atoms with Gasteiger partial charge in [0.25, 0.3) is 0 Å². The third-order valence-corrected chi connectivity index (χ3v) is 1.94. The Hall–Kier alpha value is -1.66. The molecule has 0 aliphatic heterocycles. The highest BCUT2D eigenvalue weighted by Crippen LogP contribution is 2.16. The van der Waals surface area contributed by atoms with Gasteiger partial charge in [0.05, 0.1) is 6.42 Å². The lowest BCUT2D eigenvalue weighted by atomic mass is 10.2. The molecule has 1 rings (SSSR count). The van der Waals surface area contributed by atoms with E-state index < -0.39 is 5.97 Å². The standard InChI is InChI=1S/C11H10ClNO2/c12-9-5-6-10(13)8(7-9)3-1-2-4-11(14)15/h5-7H,2,4,13H2,(H,14,15). The average Bonchev–Trinajstić information content (AvgIpc) is 2.17. The number of carbonyl (C=O) groups is 1. The van der Waals surface area contributed by atoms with E-state index in [-0.39, 0.29) is 6.42 Å². The molecule has 0 saturated heterocycles. The molecule has 0 heterocycles. The van der Waals surface area contributed by atoms with Crippen molar-refractivity contribution in [1.29, 1.82) is 0 Å². The summed E-state index contributed by atoms with van der Waals surface area (Å²) in [6.07, 6.45) is 0.342. The lowest BCUT2D eigenvalue weighted by Gasteiger charge is -1.97. The van der Waals surface area contributed by atoms with Crippen molar-refractivity contribution in [2.75, 3.05) is 5.73 Å². The van der Waals surface area contributed by atoms with Gasteiger partial charge in [0, 0.05) is 22.7 Å². The zero-order chi connectivity index (χ0) is 11.3. The summed E-state index contributed by atoms with van der Waals surface area (Å²) in [4.78, 5) is 10.2. The van der Waals surface area contributed by atoms with E-state index in [9.17, 15) is 4.79 Å². The highest BCUT2D eigenvalue weighted by atomic mass is 35.5. The first-order chi connectivity index (χ1) is 7.09. The molecule has 0 unspecified atom stereocenters. The predicted molar refractivity (Wildman–Crippen MR) is 59.6 cm³/mol. The maximum absolute atomic E-state index is 10.2. The van der Waals surface area contributed by atoms with Crippen LogP contribution in [0.2, 0.25) is 5.02 Å².